The van der Waals surface area contributed by atoms with E-state index in [0.29, 0.717) is 19.4 Å². The van der Waals surface area contributed by atoms with Crippen LogP contribution in [0.15, 0.2) is 12.7 Å². The third-order valence-electron chi connectivity index (χ3n) is 7.44. The van der Waals surface area contributed by atoms with Gasteiger partial charge in [-0.3, -0.25) is 14.4 Å². The molecule has 0 aliphatic carbocycles. The van der Waals surface area contributed by atoms with E-state index in [4.69, 9.17) is 0 Å². The van der Waals surface area contributed by atoms with Crippen LogP contribution < -0.4 is 0 Å². The van der Waals surface area contributed by atoms with Crippen molar-refractivity contribution in [3.8, 4) is 0 Å². The summed E-state index contributed by atoms with van der Waals surface area (Å²) >= 11 is 1.53. The standard InChI is InChI=1S/C24H38N2O5S/c1-8-9-25(23(5,6)7)21(29)19-24-14(4)11-16(32-24)17(22(30)31)18(24)20(28)26(19)15(12-27)10-13(2)3/h8,13-19,27H,1,9-12H2,2-7H3,(H,30,31)/t14?,15-,16-,17+,18+,19?,24?/m1/s1. The second kappa shape index (κ2) is 8.67. The average molecular weight is 467 g/mol. The van der Waals surface area contributed by atoms with Gasteiger partial charge in [0, 0.05) is 17.3 Å². The van der Waals surface area contributed by atoms with E-state index in [1.165, 1.54) is 11.8 Å². The van der Waals surface area contributed by atoms with Crippen LogP contribution in [0.3, 0.4) is 0 Å². The van der Waals surface area contributed by atoms with Gasteiger partial charge < -0.3 is 20.0 Å². The van der Waals surface area contributed by atoms with Crippen molar-refractivity contribution >= 4 is 29.5 Å². The number of amides is 2. The van der Waals surface area contributed by atoms with Gasteiger partial charge >= 0.3 is 5.97 Å². The lowest BCUT2D eigenvalue weighted by molar-refractivity contribution is -0.150. The minimum atomic E-state index is -0.967. The number of fused-ring (bicyclic) bond motifs is 1. The Balaban J connectivity index is 2.18. The molecule has 2 N–H and O–H groups in total. The first kappa shape index (κ1) is 25.1. The predicted octanol–water partition coefficient (Wildman–Crippen LogP) is 2.63. The van der Waals surface area contributed by atoms with Crippen LogP contribution in [0.4, 0.5) is 0 Å². The molecule has 3 rings (SSSR count). The molecule has 2 bridgehead atoms. The summed E-state index contributed by atoms with van der Waals surface area (Å²) in [6, 6.07) is -1.33. The first-order chi connectivity index (χ1) is 14.8. The number of nitrogens with zero attached hydrogens (tertiary/aromatic N) is 2. The van der Waals surface area contributed by atoms with Crippen LogP contribution in [0, 0.1) is 23.7 Å². The van der Waals surface area contributed by atoms with Crippen LogP contribution in [0.2, 0.25) is 0 Å². The van der Waals surface area contributed by atoms with Crippen LogP contribution in [-0.2, 0) is 14.4 Å². The van der Waals surface area contributed by atoms with Gasteiger partial charge in [-0.05, 0) is 45.4 Å². The van der Waals surface area contributed by atoms with Crippen molar-refractivity contribution in [2.24, 2.45) is 23.7 Å². The van der Waals surface area contributed by atoms with Crippen molar-refractivity contribution in [3.05, 3.63) is 12.7 Å². The van der Waals surface area contributed by atoms with Crippen molar-refractivity contribution in [2.75, 3.05) is 13.2 Å². The Morgan fingerprint density at radius 1 is 1.38 bits per heavy atom. The summed E-state index contributed by atoms with van der Waals surface area (Å²) in [6.07, 6.45) is 2.90. The number of thioether (sulfide) groups is 1. The van der Waals surface area contributed by atoms with E-state index in [-0.39, 0.29) is 35.5 Å². The van der Waals surface area contributed by atoms with Crippen LogP contribution in [0.1, 0.15) is 54.4 Å². The van der Waals surface area contributed by atoms with E-state index >= 15 is 0 Å². The molecule has 3 saturated heterocycles. The Morgan fingerprint density at radius 2 is 2.00 bits per heavy atom. The summed E-state index contributed by atoms with van der Waals surface area (Å²) in [5.41, 5.74) is -0.502. The first-order valence-corrected chi connectivity index (χ1v) is 12.5. The molecule has 2 amide bonds. The van der Waals surface area contributed by atoms with E-state index in [2.05, 4.69) is 6.58 Å². The number of aliphatic hydroxyl groups excluding tert-OH is 1. The van der Waals surface area contributed by atoms with Crippen molar-refractivity contribution in [1.29, 1.82) is 0 Å². The fraction of sp³-hybridized carbons (Fsp3) is 0.792. The number of carbonyl (C=O) groups excluding carboxylic acids is 2. The number of rotatable bonds is 8. The molecule has 3 heterocycles. The molecular formula is C24H38N2O5S. The zero-order valence-electron chi connectivity index (χ0n) is 20.1. The highest BCUT2D eigenvalue weighted by Crippen LogP contribution is 2.69. The molecule has 0 saturated carbocycles. The Hall–Kier alpha value is -1.54. The maximum absolute atomic E-state index is 14.2. The van der Waals surface area contributed by atoms with E-state index in [0.717, 1.165) is 0 Å². The van der Waals surface area contributed by atoms with Gasteiger partial charge in [-0.1, -0.05) is 26.8 Å². The normalized spacial score (nSPS) is 34.7. The zero-order valence-corrected chi connectivity index (χ0v) is 20.9. The van der Waals surface area contributed by atoms with Gasteiger partial charge in [0.2, 0.25) is 11.8 Å². The molecule has 0 aromatic rings. The lowest BCUT2D eigenvalue weighted by atomic mass is 9.66. The number of hydrogen-bond donors (Lipinski definition) is 2. The van der Waals surface area contributed by atoms with Gasteiger partial charge in [0.25, 0.3) is 0 Å². The topological polar surface area (TPSA) is 98.2 Å². The second-order valence-electron chi connectivity index (χ2n) is 11.0. The van der Waals surface area contributed by atoms with Gasteiger partial charge in [0.15, 0.2) is 0 Å². The fourth-order valence-corrected chi connectivity index (χ4v) is 8.60. The molecule has 7 atom stereocenters. The maximum Gasteiger partial charge on any atom is 0.308 e. The molecule has 180 valence electrons. The van der Waals surface area contributed by atoms with Crippen molar-refractivity contribution in [1.82, 2.24) is 9.80 Å². The van der Waals surface area contributed by atoms with Crippen LogP contribution in [-0.4, -0.2) is 78.6 Å². The van der Waals surface area contributed by atoms with Gasteiger partial charge in [-0.25, -0.2) is 0 Å². The molecule has 3 aliphatic heterocycles. The quantitative estimate of drug-likeness (QED) is 0.534. The molecular weight excluding hydrogens is 428 g/mol. The monoisotopic (exact) mass is 466 g/mol. The second-order valence-corrected chi connectivity index (χ2v) is 12.6. The van der Waals surface area contributed by atoms with E-state index in [9.17, 15) is 24.6 Å². The third-order valence-corrected chi connectivity index (χ3v) is 9.51. The maximum atomic E-state index is 14.2. The first-order valence-electron chi connectivity index (χ1n) is 11.6. The predicted molar refractivity (Wildman–Crippen MR) is 125 cm³/mol. The van der Waals surface area contributed by atoms with E-state index < -0.39 is 40.2 Å². The Labute approximate surface area is 195 Å². The van der Waals surface area contributed by atoms with Crippen molar-refractivity contribution < 1.29 is 24.6 Å². The summed E-state index contributed by atoms with van der Waals surface area (Å²) in [6.45, 7) is 15.8. The average Bonchev–Trinajstić information content (AvgIpc) is 3.26. The molecule has 32 heavy (non-hydrogen) atoms. The van der Waals surface area contributed by atoms with Gasteiger partial charge in [0.05, 0.1) is 29.2 Å². The number of carboxylic acid groups (broad SMARTS) is 1. The van der Waals surface area contributed by atoms with Crippen molar-refractivity contribution in [3.63, 3.8) is 0 Å². The molecule has 3 unspecified atom stereocenters. The Kier molecular flexibility index (Phi) is 6.80. The summed E-state index contributed by atoms with van der Waals surface area (Å²) in [4.78, 5) is 43.7. The third kappa shape index (κ3) is 3.67. The Bertz CT molecular complexity index is 794. The molecule has 3 fully saturated rings. The number of carbonyl (C=O) groups is 3. The minimum absolute atomic E-state index is 0.0185. The minimum Gasteiger partial charge on any atom is -0.481 e. The zero-order chi connectivity index (χ0) is 24.2. The highest BCUT2D eigenvalue weighted by Gasteiger charge is 2.77. The van der Waals surface area contributed by atoms with E-state index in [1.807, 2.05) is 41.5 Å². The van der Waals surface area contributed by atoms with Crippen LogP contribution in [0.5, 0.6) is 0 Å². The SMILES string of the molecule is C=CCN(C(=O)C1N([C@@H](CO)CC(C)C)C(=O)[C@@H]2[C@@H](C(=O)O)[C@H]3CC(C)C12S3)C(C)(C)C. The number of aliphatic hydroxyl groups is 1. The van der Waals surface area contributed by atoms with Crippen LogP contribution >= 0.6 is 11.8 Å². The summed E-state index contributed by atoms with van der Waals surface area (Å²) in [5.74, 6) is -2.76. The highest BCUT2D eigenvalue weighted by molar-refractivity contribution is 8.02. The molecule has 0 aromatic heterocycles. The lowest BCUT2D eigenvalue weighted by Gasteiger charge is -2.45. The number of likely N-dealkylation sites (tertiary alicyclic amines) is 1. The molecule has 8 heteroatoms. The summed E-state index contributed by atoms with van der Waals surface area (Å²) in [7, 11) is 0. The molecule has 0 radical (unpaired) electrons. The molecule has 7 nitrogen and oxygen atoms in total. The van der Waals surface area contributed by atoms with Gasteiger partial charge in [-0.2, -0.15) is 0 Å². The smallest absolute Gasteiger partial charge is 0.308 e. The van der Waals surface area contributed by atoms with E-state index in [1.54, 1.807) is 15.9 Å². The lowest BCUT2D eigenvalue weighted by Crippen LogP contribution is -2.62. The molecule has 3 aliphatic rings. The largest absolute Gasteiger partial charge is 0.481 e. The molecule has 0 aromatic carbocycles. The fourth-order valence-electron chi connectivity index (χ4n) is 6.21. The highest BCUT2D eigenvalue weighted by atomic mass is 32.2. The number of aliphatic carboxylic acids is 1. The summed E-state index contributed by atoms with van der Waals surface area (Å²) in [5, 5.41) is 20.1. The Morgan fingerprint density at radius 3 is 2.47 bits per heavy atom. The van der Waals surface area contributed by atoms with Gasteiger partial charge in [0.1, 0.15) is 6.04 Å². The summed E-state index contributed by atoms with van der Waals surface area (Å²) < 4.78 is -0.795. The van der Waals surface area contributed by atoms with Crippen molar-refractivity contribution in [2.45, 2.75) is 82.0 Å². The van der Waals surface area contributed by atoms with Crippen LogP contribution in [0.25, 0.3) is 0 Å². The number of carboxylic acids is 1. The molecule has 1 spiro atoms. The van der Waals surface area contributed by atoms with Gasteiger partial charge in [-0.15, -0.1) is 18.3 Å². The number of hydrogen-bond acceptors (Lipinski definition) is 5.